The molecule has 1 spiro atoms. The van der Waals surface area contributed by atoms with Gasteiger partial charge >= 0.3 is 6.85 Å². The summed E-state index contributed by atoms with van der Waals surface area (Å²) in [5.41, 5.74) is 16.1. The molecule has 230 valence electrons. The van der Waals surface area contributed by atoms with Gasteiger partial charge in [0.1, 0.15) is 0 Å². The van der Waals surface area contributed by atoms with Gasteiger partial charge in [-0.15, -0.1) is 0 Å². The highest BCUT2D eigenvalue weighted by Crippen LogP contribution is 2.49. The lowest BCUT2D eigenvalue weighted by Gasteiger charge is -2.51. The van der Waals surface area contributed by atoms with Gasteiger partial charge in [-0.25, -0.2) is 0 Å². The average Bonchev–Trinajstić information content (AvgIpc) is 3.45. The van der Waals surface area contributed by atoms with Crippen LogP contribution in [-0.4, -0.2) is 14.9 Å². The molecule has 0 atom stereocenters. The van der Waals surface area contributed by atoms with Gasteiger partial charge in [-0.2, -0.15) is 0 Å². The molecule has 0 radical (unpaired) electrons. The van der Waals surface area contributed by atoms with Crippen molar-refractivity contribution in [1.82, 2.24) is 0 Å². The molecule has 2 nitrogen and oxygen atoms in total. The summed E-state index contributed by atoms with van der Waals surface area (Å²) in [5.74, 6) is 0.391. The normalized spacial score (nSPS) is 15.0. The number of hydrogen-bond acceptors (Lipinski definition) is 2. The molecule has 11 rings (SSSR count). The molecule has 0 aromatic heterocycles. The molecule has 0 bridgehead atoms. The summed E-state index contributed by atoms with van der Waals surface area (Å²) < 4.78 is 0. The van der Waals surface area contributed by atoms with Crippen LogP contribution < -0.4 is 41.4 Å². The summed E-state index contributed by atoms with van der Waals surface area (Å²) in [5, 5.41) is 6.02. The van der Waals surface area contributed by atoms with Crippen molar-refractivity contribution in [3.05, 3.63) is 163 Å². The van der Waals surface area contributed by atoms with Crippen LogP contribution in [0.3, 0.4) is 0 Å². The molecule has 0 saturated heterocycles. The highest BCUT2D eigenvalue weighted by molar-refractivity contribution is 7.24. The fourth-order valence-corrected chi connectivity index (χ4v) is 15.3. The van der Waals surface area contributed by atoms with Crippen molar-refractivity contribution in [2.24, 2.45) is 0 Å². The molecule has 4 aliphatic heterocycles. The Kier molecular flexibility index (Phi) is 5.45. The Balaban J connectivity index is 1.32. The zero-order valence-corrected chi connectivity index (χ0v) is 28.6. The van der Waals surface area contributed by atoms with Gasteiger partial charge in [-0.05, 0) is 90.2 Å². The minimum absolute atomic E-state index is 0.0374. The first-order valence-corrected chi connectivity index (χ1v) is 19.5. The summed E-state index contributed by atoms with van der Waals surface area (Å²) >= 11 is 0. The van der Waals surface area contributed by atoms with E-state index in [0.717, 1.165) is 0 Å². The average molecular weight is 641 g/mol. The first-order chi connectivity index (χ1) is 24.2. The Morgan fingerprint density at radius 2 is 1.08 bits per heavy atom. The van der Waals surface area contributed by atoms with Crippen LogP contribution in [0.25, 0.3) is 22.3 Å². The standard InChI is InChI=1S/C45H33BN2Si/c1-29(2)30-27-35-34-19-14-26-43-45(34)48(46-36-20-8-9-21-37(36)47(39(28-30)44(35)46)31-15-4-3-5-16-31)38-22-10-13-25-42(38)49(43)40-23-11-6-17-32(40)33-18-7-12-24-41(33)49/h3-29H,1-2H3. The highest BCUT2D eigenvalue weighted by atomic mass is 28.3. The van der Waals surface area contributed by atoms with Crippen molar-refractivity contribution >= 4 is 75.0 Å². The van der Waals surface area contributed by atoms with Gasteiger partial charge in [-0.3, -0.25) is 0 Å². The van der Waals surface area contributed by atoms with E-state index in [0.29, 0.717) is 5.92 Å². The van der Waals surface area contributed by atoms with Crippen LogP contribution in [0.15, 0.2) is 158 Å². The fourth-order valence-electron chi connectivity index (χ4n) is 9.69. The molecule has 0 unspecified atom stereocenters. The number of hydrogen-bond donors (Lipinski definition) is 0. The lowest BCUT2D eigenvalue weighted by molar-refractivity contribution is 0.867. The minimum Gasteiger partial charge on any atom is -0.376 e. The Hall–Kier alpha value is -5.58. The molecule has 0 fully saturated rings. The van der Waals surface area contributed by atoms with Crippen LogP contribution in [0.5, 0.6) is 0 Å². The lowest BCUT2D eigenvalue weighted by atomic mass is 9.43. The maximum atomic E-state index is 2.74. The zero-order chi connectivity index (χ0) is 32.4. The van der Waals surface area contributed by atoms with Crippen molar-refractivity contribution in [3.63, 3.8) is 0 Å². The molecule has 0 saturated carbocycles. The number of nitrogens with zero attached hydrogens (tertiary/aromatic N) is 2. The maximum Gasteiger partial charge on any atom is 0.333 e. The number of para-hydroxylation sites is 4. The first-order valence-electron chi connectivity index (χ1n) is 17.5. The molecule has 49 heavy (non-hydrogen) atoms. The third kappa shape index (κ3) is 3.32. The van der Waals surface area contributed by atoms with Crippen molar-refractivity contribution in [2.75, 3.05) is 9.71 Å². The number of fused-ring (bicyclic) bond motifs is 13. The van der Waals surface area contributed by atoms with E-state index in [1.54, 1.807) is 0 Å². The second kappa shape index (κ2) is 9.75. The maximum absolute atomic E-state index is 2.74. The van der Waals surface area contributed by atoms with Crippen LogP contribution in [0.4, 0.5) is 28.4 Å². The van der Waals surface area contributed by atoms with Gasteiger partial charge in [0, 0.05) is 34.0 Å². The first kappa shape index (κ1) is 27.4. The van der Waals surface area contributed by atoms with E-state index in [9.17, 15) is 0 Å². The van der Waals surface area contributed by atoms with Crippen molar-refractivity contribution in [2.45, 2.75) is 19.8 Å². The number of anilines is 5. The van der Waals surface area contributed by atoms with Gasteiger partial charge in [0.2, 0.25) is 0 Å². The molecule has 0 N–H and O–H groups in total. The Morgan fingerprint density at radius 1 is 0.490 bits per heavy atom. The van der Waals surface area contributed by atoms with Crippen molar-refractivity contribution in [1.29, 1.82) is 0 Å². The van der Waals surface area contributed by atoms with Crippen molar-refractivity contribution in [3.8, 4) is 22.3 Å². The van der Waals surface area contributed by atoms with Gasteiger partial charge in [0.25, 0.3) is 0 Å². The highest BCUT2D eigenvalue weighted by Gasteiger charge is 2.57. The summed E-state index contributed by atoms with van der Waals surface area (Å²) in [7, 11) is -2.66. The second-order valence-electron chi connectivity index (χ2n) is 14.2. The van der Waals surface area contributed by atoms with Gasteiger partial charge in [0.05, 0.1) is 0 Å². The van der Waals surface area contributed by atoms with E-state index in [1.807, 2.05) is 0 Å². The smallest absolute Gasteiger partial charge is 0.333 e. The van der Waals surface area contributed by atoms with Crippen LogP contribution >= 0.6 is 0 Å². The third-order valence-electron chi connectivity index (χ3n) is 11.6. The zero-order valence-electron chi connectivity index (χ0n) is 27.6. The summed E-state index contributed by atoms with van der Waals surface area (Å²) in [6.07, 6.45) is 0. The molecule has 4 heteroatoms. The molecular weight excluding hydrogens is 607 g/mol. The van der Waals surface area contributed by atoms with E-state index < -0.39 is 8.07 Å². The Bertz CT molecular complexity index is 2480. The van der Waals surface area contributed by atoms with Crippen LogP contribution in [0.2, 0.25) is 0 Å². The van der Waals surface area contributed by atoms with Crippen LogP contribution in [0, 0.1) is 0 Å². The van der Waals surface area contributed by atoms with Gasteiger partial charge in [0.15, 0.2) is 8.07 Å². The van der Waals surface area contributed by atoms with Gasteiger partial charge < -0.3 is 9.71 Å². The molecule has 4 aliphatic rings. The molecule has 4 heterocycles. The number of rotatable bonds is 2. The molecular formula is C45H33BN2Si. The third-order valence-corrected chi connectivity index (χ3v) is 16.5. The SMILES string of the molecule is CC(C)c1cc2c3c(c1)N(c1ccccc1)c1ccccc1B3N1c3ccccc3[Si]3(c4ccccc4-c4ccccc43)c3cccc-2c31. The fraction of sp³-hybridized carbons (Fsp3) is 0.0667. The Morgan fingerprint density at radius 3 is 1.82 bits per heavy atom. The van der Waals surface area contributed by atoms with E-state index in [-0.39, 0.29) is 6.85 Å². The van der Waals surface area contributed by atoms with E-state index in [4.69, 9.17) is 0 Å². The summed E-state index contributed by atoms with van der Waals surface area (Å²) in [6.45, 7) is 4.70. The quantitative estimate of drug-likeness (QED) is 0.185. The van der Waals surface area contributed by atoms with Gasteiger partial charge in [-0.1, -0.05) is 141 Å². The van der Waals surface area contributed by atoms with Crippen LogP contribution in [0.1, 0.15) is 25.3 Å². The van der Waals surface area contributed by atoms with E-state index in [1.165, 1.54) is 87.9 Å². The largest absolute Gasteiger partial charge is 0.376 e. The molecule has 0 amide bonds. The summed E-state index contributed by atoms with van der Waals surface area (Å²) in [6, 6.07) is 60.2. The van der Waals surface area contributed by atoms with E-state index >= 15 is 0 Å². The molecule has 0 aliphatic carbocycles. The Labute approximate surface area is 289 Å². The molecule has 7 aromatic carbocycles. The predicted molar refractivity (Wildman–Crippen MR) is 210 cm³/mol. The number of benzene rings is 7. The van der Waals surface area contributed by atoms with E-state index in [2.05, 4.69) is 181 Å². The van der Waals surface area contributed by atoms with Crippen LogP contribution in [-0.2, 0) is 0 Å². The molecule has 7 aromatic rings. The summed E-state index contributed by atoms with van der Waals surface area (Å²) in [4.78, 5) is 5.25. The monoisotopic (exact) mass is 640 g/mol. The topological polar surface area (TPSA) is 6.48 Å². The predicted octanol–water partition coefficient (Wildman–Crippen LogP) is 7.19. The minimum atomic E-state index is -2.66. The lowest BCUT2D eigenvalue weighted by Crippen LogP contribution is -2.78. The van der Waals surface area contributed by atoms with Crippen molar-refractivity contribution < 1.29 is 0 Å². The second-order valence-corrected chi connectivity index (χ2v) is 17.9.